The topological polar surface area (TPSA) is 83.6 Å². The Morgan fingerprint density at radius 1 is 1.33 bits per heavy atom. The smallest absolute Gasteiger partial charge is 0.303 e. The molecule has 0 aliphatic heterocycles. The van der Waals surface area contributed by atoms with Crippen molar-refractivity contribution in [2.75, 3.05) is 6.54 Å². The van der Waals surface area contributed by atoms with Gasteiger partial charge in [0.2, 0.25) is 5.91 Å². The Balaban J connectivity index is 4.22. The van der Waals surface area contributed by atoms with Crippen LogP contribution in [0.5, 0.6) is 0 Å². The first-order valence-corrected chi connectivity index (χ1v) is 5.10. The molecule has 1 atom stereocenters. The average molecular weight is 216 g/mol. The molecule has 5 heteroatoms. The molecular formula is C10H20N2O3. The van der Waals surface area contributed by atoms with Crippen molar-refractivity contribution < 1.29 is 14.7 Å². The lowest BCUT2D eigenvalue weighted by Gasteiger charge is -2.31. The van der Waals surface area contributed by atoms with Crippen LogP contribution in [0.15, 0.2) is 0 Å². The van der Waals surface area contributed by atoms with Crippen molar-refractivity contribution in [3.8, 4) is 0 Å². The number of carboxylic acid groups (broad SMARTS) is 1. The van der Waals surface area contributed by atoms with E-state index in [1.54, 1.807) is 0 Å². The Hall–Kier alpha value is -1.10. The highest BCUT2D eigenvalue weighted by molar-refractivity contribution is 5.76. The summed E-state index contributed by atoms with van der Waals surface area (Å²) in [6.45, 7) is 6.00. The Kier molecular flexibility index (Phi) is 5.93. The molecule has 0 fully saturated rings. The van der Waals surface area contributed by atoms with Crippen LogP contribution in [0.2, 0.25) is 0 Å². The minimum atomic E-state index is -0.815. The maximum absolute atomic E-state index is 10.8. The van der Waals surface area contributed by atoms with Gasteiger partial charge >= 0.3 is 5.97 Å². The van der Waals surface area contributed by atoms with E-state index < -0.39 is 5.97 Å². The summed E-state index contributed by atoms with van der Waals surface area (Å²) in [5, 5.41) is 8.55. The number of carbonyl (C=O) groups excluding carboxylic acids is 1. The zero-order valence-corrected chi connectivity index (χ0v) is 9.56. The van der Waals surface area contributed by atoms with Gasteiger partial charge in [-0.2, -0.15) is 0 Å². The second kappa shape index (κ2) is 6.40. The van der Waals surface area contributed by atoms with Gasteiger partial charge in [-0.1, -0.05) is 0 Å². The fourth-order valence-electron chi connectivity index (χ4n) is 1.53. The van der Waals surface area contributed by atoms with Gasteiger partial charge in [-0.15, -0.1) is 0 Å². The molecule has 0 radical (unpaired) electrons. The molecule has 0 aromatic rings. The molecule has 1 unspecified atom stereocenters. The summed E-state index contributed by atoms with van der Waals surface area (Å²) < 4.78 is 0. The van der Waals surface area contributed by atoms with Crippen LogP contribution in [0.4, 0.5) is 0 Å². The summed E-state index contributed by atoms with van der Waals surface area (Å²) in [5.41, 5.74) is 5.13. The quantitative estimate of drug-likeness (QED) is 0.646. The van der Waals surface area contributed by atoms with Crippen molar-refractivity contribution in [1.29, 1.82) is 0 Å². The first kappa shape index (κ1) is 13.9. The number of primary amides is 1. The summed E-state index contributed by atoms with van der Waals surface area (Å²) in [6.07, 6.45) is 0.643. The lowest BCUT2D eigenvalue weighted by atomic mass is 10.1. The number of aliphatic carboxylic acids is 1. The van der Waals surface area contributed by atoms with E-state index in [1.165, 1.54) is 0 Å². The van der Waals surface area contributed by atoms with Gasteiger partial charge in [0.05, 0.1) is 6.54 Å². The van der Waals surface area contributed by atoms with E-state index in [-0.39, 0.29) is 31.0 Å². The van der Waals surface area contributed by atoms with Crippen molar-refractivity contribution in [2.24, 2.45) is 5.73 Å². The third-order valence-electron chi connectivity index (χ3n) is 2.34. The number of nitrogens with zero attached hydrogens (tertiary/aromatic N) is 1. The normalized spacial score (nSPS) is 13.1. The van der Waals surface area contributed by atoms with Crippen molar-refractivity contribution in [1.82, 2.24) is 4.90 Å². The first-order chi connectivity index (χ1) is 6.84. The van der Waals surface area contributed by atoms with Crippen LogP contribution in [-0.4, -0.2) is 40.5 Å². The largest absolute Gasteiger partial charge is 0.481 e. The molecule has 15 heavy (non-hydrogen) atoms. The van der Waals surface area contributed by atoms with Gasteiger partial charge in [-0.25, -0.2) is 0 Å². The third kappa shape index (κ3) is 6.06. The van der Waals surface area contributed by atoms with Crippen LogP contribution in [0.25, 0.3) is 0 Å². The average Bonchev–Trinajstić information content (AvgIpc) is 2.09. The number of nitrogens with two attached hydrogens (primary N) is 1. The van der Waals surface area contributed by atoms with E-state index in [0.717, 1.165) is 0 Å². The molecule has 0 saturated heterocycles. The second-order valence-electron chi connectivity index (χ2n) is 4.01. The van der Waals surface area contributed by atoms with Crippen LogP contribution in [0.3, 0.4) is 0 Å². The van der Waals surface area contributed by atoms with Gasteiger partial charge in [-0.3, -0.25) is 14.5 Å². The molecule has 0 saturated carbocycles. The van der Waals surface area contributed by atoms with Crippen molar-refractivity contribution in [2.45, 2.75) is 45.7 Å². The van der Waals surface area contributed by atoms with Crippen molar-refractivity contribution in [3.63, 3.8) is 0 Å². The van der Waals surface area contributed by atoms with Gasteiger partial charge in [0, 0.05) is 18.5 Å². The van der Waals surface area contributed by atoms with Crippen LogP contribution in [0.1, 0.15) is 33.6 Å². The van der Waals surface area contributed by atoms with Gasteiger partial charge in [0.25, 0.3) is 0 Å². The van der Waals surface area contributed by atoms with Gasteiger partial charge in [0.15, 0.2) is 0 Å². The number of carbonyl (C=O) groups is 2. The molecule has 0 heterocycles. The van der Waals surface area contributed by atoms with E-state index in [4.69, 9.17) is 10.8 Å². The number of hydrogen-bond donors (Lipinski definition) is 2. The number of amides is 1. The van der Waals surface area contributed by atoms with Crippen LogP contribution < -0.4 is 5.73 Å². The van der Waals surface area contributed by atoms with Gasteiger partial charge < -0.3 is 10.8 Å². The van der Waals surface area contributed by atoms with Gasteiger partial charge in [-0.05, 0) is 27.2 Å². The molecule has 0 bridgehead atoms. The Labute approximate surface area is 90.2 Å². The van der Waals surface area contributed by atoms with E-state index >= 15 is 0 Å². The first-order valence-electron chi connectivity index (χ1n) is 5.10. The highest BCUT2D eigenvalue weighted by atomic mass is 16.4. The lowest BCUT2D eigenvalue weighted by Crippen LogP contribution is -2.44. The predicted molar refractivity (Wildman–Crippen MR) is 57.4 cm³/mol. The number of carboxylic acids is 1. The molecular weight excluding hydrogens is 196 g/mol. The summed E-state index contributed by atoms with van der Waals surface area (Å²) in [7, 11) is 0. The minimum Gasteiger partial charge on any atom is -0.481 e. The monoisotopic (exact) mass is 216 g/mol. The maximum Gasteiger partial charge on any atom is 0.303 e. The molecule has 0 aliphatic carbocycles. The molecule has 0 aromatic heterocycles. The molecule has 3 N–H and O–H groups in total. The number of rotatable bonds is 7. The zero-order valence-electron chi connectivity index (χ0n) is 9.56. The van der Waals surface area contributed by atoms with Crippen LogP contribution in [0, 0.1) is 0 Å². The SMILES string of the molecule is CC(C)N(CC(N)=O)C(C)CCC(=O)O. The van der Waals surface area contributed by atoms with E-state index in [2.05, 4.69) is 0 Å². The van der Waals surface area contributed by atoms with Crippen LogP contribution >= 0.6 is 0 Å². The maximum atomic E-state index is 10.8. The van der Waals surface area contributed by atoms with E-state index in [1.807, 2.05) is 25.7 Å². The standard InChI is InChI=1S/C10H20N2O3/c1-7(2)12(6-9(11)13)8(3)4-5-10(14)15/h7-8H,4-6H2,1-3H3,(H2,11,13)(H,14,15). The highest BCUT2D eigenvalue weighted by Crippen LogP contribution is 2.10. The molecule has 0 rings (SSSR count). The molecule has 88 valence electrons. The highest BCUT2D eigenvalue weighted by Gasteiger charge is 2.19. The van der Waals surface area contributed by atoms with Crippen molar-refractivity contribution >= 4 is 11.9 Å². The lowest BCUT2D eigenvalue weighted by molar-refractivity contribution is -0.137. The van der Waals surface area contributed by atoms with E-state index in [0.29, 0.717) is 6.42 Å². The molecule has 1 amide bonds. The molecule has 5 nitrogen and oxygen atoms in total. The summed E-state index contributed by atoms with van der Waals surface area (Å²) >= 11 is 0. The van der Waals surface area contributed by atoms with E-state index in [9.17, 15) is 9.59 Å². The Bertz CT molecular complexity index is 229. The Morgan fingerprint density at radius 2 is 1.87 bits per heavy atom. The third-order valence-corrected chi connectivity index (χ3v) is 2.34. The fraction of sp³-hybridized carbons (Fsp3) is 0.800. The minimum absolute atomic E-state index is 0.0496. The molecule has 0 aliphatic rings. The van der Waals surface area contributed by atoms with Gasteiger partial charge in [0.1, 0.15) is 0 Å². The van der Waals surface area contributed by atoms with Crippen LogP contribution in [-0.2, 0) is 9.59 Å². The zero-order chi connectivity index (χ0) is 12.0. The fourth-order valence-corrected chi connectivity index (χ4v) is 1.53. The number of hydrogen-bond acceptors (Lipinski definition) is 3. The molecule has 0 aromatic carbocycles. The second-order valence-corrected chi connectivity index (χ2v) is 4.01. The molecule has 0 spiro atoms. The summed E-state index contributed by atoms with van der Waals surface area (Å²) in [6, 6.07) is 0.231. The predicted octanol–water partition coefficient (Wildman–Crippen LogP) is 0.435. The summed E-state index contributed by atoms with van der Waals surface area (Å²) in [4.78, 5) is 23.1. The summed E-state index contributed by atoms with van der Waals surface area (Å²) in [5.74, 6) is -1.20. The van der Waals surface area contributed by atoms with Crippen molar-refractivity contribution in [3.05, 3.63) is 0 Å². The Morgan fingerprint density at radius 3 is 2.20 bits per heavy atom.